The topological polar surface area (TPSA) is 140 Å². The fraction of sp³-hybridized carbons (Fsp3) is 0.304. The monoisotopic (exact) mass is 484 g/mol. The van der Waals surface area contributed by atoms with Crippen LogP contribution in [0, 0.1) is 0 Å². The number of carbonyl (C=O) groups excluding carboxylic acids is 2. The molecular formula is C23H24N4O6S. The molecule has 1 aliphatic rings. The molecule has 0 bridgehead atoms. The SMILES string of the molecule is CC(C)(C)c1nnc(-c2ccc3c(c2)NC(=O)[C@@H](NC(=O)OCc2ccccc2)CS3(=O)=O)o1. The average molecular weight is 485 g/mol. The molecule has 1 aliphatic heterocycles. The molecule has 4 rings (SSSR count). The first kappa shape index (κ1) is 23.4. The number of rotatable bonds is 4. The van der Waals surface area contributed by atoms with Crippen LogP contribution < -0.4 is 10.6 Å². The van der Waals surface area contributed by atoms with Crippen molar-refractivity contribution in [1.82, 2.24) is 15.5 Å². The van der Waals surface area contributed by atoms with Crippen LogP contribution >= 0.6 is 0 Å². The largest absolute Gasteiger partial charge is 0.445 e. The van der Waals surface area contributed by atoms with Crippen molar-refractivity contribution >= 4 is 27.5 Å². The Hall–Kier alpha value is -3.73. The van der Waals surface area contributed by atoms with E-state index in [9.17, 15) is 18.0 Å². The number of fused-ring (bicyclic) bond motifs is 1. The minimum atomic E-state index is -3.91. The van der Waals surface area contributed by atoms with Gasteiger partial charge in [-0.3, -0.25) is 4.79 Å². The molecule has 2 N–H and O–H groups in total. The van der Waals surface area contributed by atoms with E-state index in [1.807, 2.05) is 26.8 Å². The van der Waals surface area contributed by atoms with Gasteiger partial charge in [0.1, 0.15) is 12.6 Å². The van der Waals surface area contributed by atoms with Crippen molar-refractivity contribution in [2.75, 3.05) is 11.1 Å². The minimum absolute atomic E-state index is 0.0158. The Morgan fingerprint density at radius 2 is 1.91 bits per heavy atom. The van der Waals surface area contributed by atoms with Gasteiger partial charge in [-0.25, -0.2) is 13.2 Å². The maximum Gasteiger partial charge on any atom is 0.408 e. The average Bonchev–Trinajstić information content (AvgIpc) is 3.26. The predicted molar refractivity (Wildman–Crippen MR) is 123 cm³/mol. The Morgan fingerprint density at radius 3 is 2.59 bits per heavy atom. The number of ether oxygens (including phenoxy) is 1. The Bertz CT molecular complexity index is 1330. The zero-order chi connectivity index (χ0) is 24.5. The highest BCUT2D eigenvalue weighted by Crippen LogP contribution is 2.32. The summed E-state index contributed by atoms with van der Waals surface area (Å²) in [5, 5.41) is 13.0. The van der Waals surface area contributed by atoms with Crippen molar-refractivity contribution in [1.29, 1.82) is 0 Å². The number of hydrogen-bond donors (Lipinski definition) is 2. The van der Waals surface area contributed by atoms with Crippen molar-refractivity contribution in [2.24, 2.45) is 0 Å². The number of benzene rings is 2. The fourth-order valence-corrected chi connectivity index (χ4v) is 4.87. The summed E-state index contributed by atoms with van der Waals surface area (Å²) in [5.41, 5.74) is 0.916. The molecular weight excluding hydrogens is 460 g/mol. The number of nitrogens with one attached hydrogen (secondary N) is 2. The number of sulfone groups is 1. The van der Waals surface area contributed by atoms with Gasteiger partial charge in [-0.15, -0.1) is 10.2 Å². The van der Waals surface area contributed by atoms with Gasteiger partial charge in [0.05, 0.1) is 16.3 Å². The molecule has 0 unspecified atom stereocenters. The second kappa shape index (κ2) is 8.90. The zero-order valence-electron chi connectivity index (χ0n) is 18.9. The molecule has 0 radical (unpaired) electrons. The van der Waals surface area contributed by atoms with E-state index >= 15 is 0 Å². The van der Waals surface area contributed by atoms with Gasteiger partial charge in [-0.2, -0.15) is 0 Å². The Kier molecular flexibility index (Phi) is 6.13. The summed E-state index contributed by atoms with van der Waals surface area (Å²) in [4.78, 5) is 24.9. The van der Waals surface area contributed by atoms with E-state index < -0.39 is 33.6 Å². The van der Waals surface area contributed by atoms with Crippen LogP contribution in [0.25, 0.3) is 11.5 Å². The maximum atomic E-state index is 13.0. The van der Waals surface area contributed by atoms with E-state index in [-0.39, 0.29) is 28.5 Å². The van der Waals surface area contributed by atoms with Gasteiger partial charge in [0.15, 0.2) is 9.84 Å². The lowest BCUT2D eigenvalue weighted by atomic mass is 9.97. The molecule has 2 aromatic carbocycles. The molecule has 11 heteroatoms. The summed E-state index contributed by atoms with van der Waals surface area (Å²) in [6.07, 6.45) is -0.897. The first-order valence-corrected chi connectivity index (χ1v) is 12.2. The molecule has 0 spiro atoms. The number of anilines is 1. The molecule has 178 valence electrons. The van der Waals surface area contributed by atoms with E-state index in [1.54, 1.807) is 24.3 Å². The van der Waals surface area contributed by atoms with Crippen LogP contribution in [0.2, 0.25) is 0 Å². The molecule has 0 aliphatic carbocycles. The van der Waals surface area contributed by atoms with Gasteiger partial charge < -0.3 is 19.8 Å². The van der Waals surface area contributed by atoms with E-state index in [4.69, 9.17) is 9.15 Å². The van der Waals surface area contributed by atoms with Crippen LogP contribution in [0.15, 0.2) is 57.8 Å². The van der Waals surface area contributed by atoms with Crippen LogP contribution in [-0.4, -0.2) is 42.4 Å². The number of aromatic nitrogens is 2. The Morgan fingerprint density at radius 1 is 1.18 bits per heavy atom. The van der Waals surface area contributed by atoms with Crippen LogP contribution in [0.5, 0.6) is 0 Å². The lowest BCUT2D eigenvalue weighted by Gasteiger charge is -2.14. The zero-order valence-corrected chi connectivity index (χ0v) is 19.7. The van der Waals surface area contributed by atoms with Crippen molar-refractivity contribution in [3.8, 4) is 11.5 Å². The highest BCUT2D eigenvalue weighted by Gasteiger charge is 2.35. The lowest BCUT2D eigenvalue weighted by Crippen LogP contribution is -2.46. The standard InChI is InChI=1S/C23H24N4O6S/c1-23(2,3)21-27-26-20(33-21)15-9-10-18-16(11-15)24-19(28)17(13-34(18,30)31)25-22(29)32-12-14-7-5-4-6-8-14/h4-11,17H,12-13H2,1-3H3,(H,24,28)(H,25,29)/t17-/m0/s1. The molecule has 3 aromatic rings. The van der Waals surface area contributed by atoms with E-state index in [1.165, 1.54) is 18.2 Å². The molecule has 0 saturated heterocycles. The maximum absolute atomic E-state index is 13.0. The fourth-order valence-electron chi connectivity index (χ4n) is 3.29. The van der Waals surface area contributed by atoms with Crippen molar-refractivity contribution in [3.05, 3.63) is 60.0 Å². The smallest absolute Gasteiger partial charge is 0.408 e. The third-order valence-corrected chi connectivity index (χ3v) is 6.89. The van der Waals surface area contributed by atoms with E-state index in [0.717, 1.165) is 5.56 Å². The van der Waals surface area contributed by atoms with Gasteiger partial charge in [0.25, 0.3) is 0 Å². The Balaban J connectivity index is 1.52. The molecule has 10 nitrogen and oxygen atoms in total. The quantitative estimate of drug-likeness (QED) is 0.576. The van der Waals surface area contributed by atoms with Gasteiger partial charge in [-0.1, -0.05) is 51.1 Å². The van der Waals surface area contributed by atoms with Gasteiger partial charge in [-0.05, 0) is 23.8 Å². The van der Waals surface area contributed by atoms with Crippen molar-refractivity contribution in [3.63, 3.8) is 0 Å². The van der Waals surface area contributed by atoms with Crippen LogP contribution in [0.1, 0.15) is 32.2 Å². The number of alkyl carbamates (subject to hydrolysis) is 1. The van der Waals surface area contributed by atoms with Crippen LogP contribution in [0.4, 0.5) is 10.5 Å². The normalized spacial score (nSPS) is 17.3. The summed E-state index contributed by atoms with van der Waals surface area (Å²) in [7, 11) is -3.91. The number of amides is 2. The summed E-state index contributed by atoms with van der Waals surface area (Å²) in [5.74, 6) is -0.674. The van der Waals surface area contributed by atoms with Gasteiger partial charge in [0.2, 0.25) is 17.7 Å². The first-order chi connectivity index (χ1) is 16.0. The Labute approximate surface area is 196 Å². The third kappa shape index (κ3) is 5.09. The molecule has 1 atom stereocenters. The van der Waals surface area contributed by atoms with E-state index in [0.29, 0.717) is 11.5 Å². The summed E-state index contributed by atoms with van der Waals surface area (Å²) in [6, 6.07) is 12.0. The van der Waals surface area contributed by atoms with Crippen LogP contribution in [0.3, 0.4) is 0 Å². The highest BCUT2D eigenvalue weighted by molar-refractivity contribution is 7.91. The number of nitrogens with zero attached hydrogens (tertiary/aromatic N) is 2. The van der Waals surface area contributed by atoms with Crippen molar-refractivity contribution in [2.45, 2.75) is 43.7 Å². The number of hydrogen-bond acceptors (Lipinski definition) is 8. The summed E-state index contributed by atoms with van der Waals surface area (Å²) in [6.45, 7) is 5.75. The minimum Gasteiger partial charge on any atom is -0.445 e. The van der Waals surface area contributed by atoms with Gasteiger partial charge >= 0.3 is 6.09 Å². The second-order valence-corrected chi connectivity index (χ2v) is 10.9. The molecule has 1 aromatic heterocycles. The highest BCUT2D eigenvalue weighted by atomic mass is 32.2. The number of carbonyl (C=O) groups is 2. The van der Waals surface area contributed by atoms with Crippen LogP contribution in [-0.2, 0) is 31.4 Å². The first-order valence-electron chi connectivity index (χ1n) is 10.5. The summed E-state index contributed by atoms with van der Waals surface area (Å²) >= 11 is 0. The third-order valence-electron chi connectivity index (χ3n) is 5.09. The predicted octanol–water partition coefficient (Wildman–Crippen LogP) is 3.05. The van der Waals surface area contributed by atoms with E-state index in [2.05, 4.69) is 20.8 Å². The molecule has 2 amide bonds. The lowest BCUT2D eigenvalue weighted by molar-refractivity contribution is -0.117. The molecule has 34 heavy (non-hydrogen) atoms. The summed E-state index contributed by atoms with van der Waals surface area (Å²) < 4.78 is 36.7. The second-order valence-electron chi connectivity index (χ2n) is 8.90. The molecule has 0 fully saturated rings. The molecule has 2 heterocycles. The van der Waals surface area contributed by atoms with Crippen molar-refractivity contribution < 1.29 is 27.2 Å². The van der Waals surface area contributed by atoms with Gasteiger partial charge in [0, 0.05) is 11.0 Å². The molecule has 0 saturated carbocycles.